The Morgan fingerprint density at radius 3 is 2.85 bits per heavy atom. The Labute approximate surface area is 120 Å². The SMILES string of the molecule is CCOC(=O)/C=C/CN1C(=O)C(=O)c2c(Cl)cccc21. The number of benzene rings is 1. The second kappa shape index (κ2) is 5.88. The molecule has 1 amide bonds. The minimum Gasteiger partial charge on any atom is -0.463 e. The number of ketones is 1. The van der Waals surface area contributed by atoms with Crippen LogP contribution in [0.15, 0.2) is 30.4 Å². The Morgan fingerprint density at radius 1 is 1.40 bits per heavy atom. The lowest BCUT2D eigenvalue weighted by atomic mass is 10.1. The molecule has 1 aliphatic heterocycles. The predicted octanol–water partition coefficient (Wildman–Crippen LogP) is 1.99. The maximum atomic E-state index is 11.9. The molecule has 20 heavy (non-hydrogen) atoms. The molecule has 1 aliphatic rings. The zero-order valence-electron chi connectivity index (χ0n) is 10.8. The molecular weight excluding hydrogens is 282 g/mol. The van der Waals surface area contributed by atoms with E-state index in [1.165, 1.54) is 17.1 Å². The van der Waals surface area contributed by atoms with Gasteiger partial charge >= 0.3 is 5.97 Å². The Hall–Kier alpha value is -2.14. The average Bonchev–Trinajstić information content (AvgIpc) is 2.65. The van der Waals surface area contributed by atoms with E-state index in [4.69, 9.17) is 16.3 Å². The molecule has 0 spiro atoms. The molecule has 2 rings (SSSR count). The molecule has 0 radical (unpaired) electrons. The highest BCUT2D eigenvalue weighted by Gasteiger charge is 2.36. The predicted molar refractivity (Wildman–Crippen MR) is 73.9 cm³/mol. The monoisotopic (exact) mass is 293 g/mol. The number of carbonyl (C=O) groups is 3. The highest BCUT2D eigenvalue weighted by Crippen LogP contribution is 2.33. The van der Waals surface area contributed by atoms with Gasteiger partial charge in [0.1, 0.15) is 0 Å². The normalized spacial score (nSPS) is 14.0. The van der Waals surface area contributed by atoms with Gasteiger partial charge in [0.15, 0.2) is 0 Å². The summed E-state index contributed by atoms with van der Waals surface area (Å²) in [5, 5.41) is 0.248. The van der Waals surface area contributed by atoms with E-state index < -0.39 is 17.7 Å². The molecule has 0 N–H and O–H groups in total. The summed E-state index contributed by atoms with van der Waals surface area (Å²) in [5.41, 5.74) is 0.671. The Bertz CT molecular complexity index is 609. The quantitative estimate of drug-likeness (QED) is 0.484. The maximum absolute atomic E-state index is 11.9. The first kappa shape index (κ1) is 14.3. The van der Waals surface area contributed by atoms with Gasteiger partial charge in [0.25, 0.3) is 11.7 Å². The van der Waals surface area contributed by atoms with Gasteiger partial charge in [-0.2, -0.15) is 0 Å². The molecule has 1 heterocycles. The summed E-state index contributed by atoms with van der Waals surface area (Å²) in [4.78, 5) is 36.2. The van der Waals surface area contributed by atoms with Gasteiger partial charge in [0.05, 0.1) is 22.9 Å². The smallest absolute Gasteiger partial charge is 0.330 e. The van der Waals surface area contributed by atoms with Crippen LogP contribution in [0.25, 0.3) is 0 Å². The second-order valence-electron chi connectivity index (χ2n) is 4.03. The van der Waals surface area contributed by atoms with Gasteiger partial charge in [-0.05, 0) is 19.1 Å². The van der Waals surface area contributed by atoms with E-state index in [0.717, 1.165) is 0 Å². The van der Waals surface area contributed by atoms with Gasteiger partial charge in [0.2, 0.25) is 0 Å². The van der Waals surface area contributed by atoms with Crippen LogP contribution in [-0.2, 0) is 14.3 Å². The molecule has 0 aromatic heterocycles. The Kier molecular flexibility index (Phi) is 4.20. The lowest BCUT2D eigenvalue weighted by molar-refractivity contribution is -0.137. The van der Waals surface area contributed by atoms with Crippen molar-refractivity contribution in [3.05, 3.63) is 40.9 Å². The highest BCUT2D eigenvalue weighted by atomic mass is 35.5. The minimum atomic E-state index is -0.651. The number of amides is 1. The summed E-state index contributed by atoms with van der Waals surface area (Å²) in [6.45, 7) is 2.09. The van der Waals surface area contributed by atoms with Crippen LogP contribution in [0.5, 0.6) is 0 Å². The van der Waals surface area contributed by atoms with Crippen molar-refractivity contribution >= 4 is 34.9 Å². The third kappa shape index (κ3) is 2.58. The van der Waals surface area contributed by atoms with Crippen molar-refractivity contribution in [3.8, 4) is 0 Å². The number of esters is 1. The first-order chi connectivity index (χ1) is 9.56. The van der Waals surface area contributed by atoms with Gasteiger partial charge in [-0.25, -0.2) is 4.79 Å². The number of halogens is 1. The van der Waals surface area contributed by atoms with Gasteiger partial charge in [-0.3, -0.25) is 9.59 Å². The Morgan fingerprint density at radius 2 is 2.15 bits per heavy atom. The van der Waals surface area contributed by atoms with Crippen LogP contribution < -0.4 is 4.90 Å². The summed E-state index contributed by atoms with van der Waals surface area (Å²) < 4.78 is 4.73. The van der Waals surface area contributed by atoms with Crippen molar-refractivity contribution in [3.63, 3.8) is 0 Å². The number of carbonyl (C=O) groups excluding carboxylic acids is 3. The fourth-order valence-electron chi connectivity index (χ4n) is 1.93. The summed E-state index contributed by atoms with van der Waals surface area (Å²) in [7, 11) is 0. The van der Waals surface area contributed by atoms with Crippen LogP contribution in [0.4, 0.5) is 5.69 Å². The maximum Gasteiger partial charge on any atom is 0.330 e. The van der Waals surface area contributed by atoms with Gasteiger partial charge < -0.3 is 9.64 Å². The molecule has 0 atom stereocenters. The number of hydrogen-bond donors (Lipinski definition) is 0. The molecule has 0 saturated heterocycles. The van der Waals surface area contributed by atoms with E-state index >= 15 is 0 Å². The zero-order valence-corrected chi connectivity index (χ0v) is 11.5. The van der Waals surface area contributed by atoms with Crippen LogP contribution >= 0.6 is 11.6 Å². The topological polar surface area (TPSA) is 63.7 Å². The molecule has 0 saturated carbocycles. The third-order valence-corrected chi connectivity index (χ3v) is 3.09. The van der Waals surface area contributed by atoms with Crippen molar-refractivity contribution in [2.24, 2.45) is 0 Å². The van der Waals surface area contributed by atoms with Crippen molar-refractivity contribution in [2.75, 3.05) is 18.1 Å². The van der Waals surface area contributed by atoms with Crippen molar-refractivity contribution in [1.29, 1.82) is 0 Å². The zero-order chi connectivity index (χ0) is 14.7. The van der Waals surface area contributed by atoms with E-state index in [1.54, 1.807) is 25.1 Å². The number of nitrogens with zero attached hydrogens (tertiary/aromatic N) is 1. The number of anilines is 1. The lowest BCUT2D eigenvalue weighted by Crippen LogP contribution is -2.29. The first-order valence-electron chi connectivity index (χ1n) is 6.04. The Balaban J connectivity index is 2.19. The van der Waals surface area contributed by atoms with Crippen molar-refractivity contribution < 1.29 is 19.1 Å². The van der Waals surface area contributed by atoms with E-state index in [9.17, 15) is 14.4 Å². The van der Waals surface area contributed by atoms with E-state index in [1.807, 2.05) is 0 Å². The number of ether oxygens (including phenoxy) is 1. The number of rotatable bonds is 4. The summed E-state index contributed by atoms with van der Waals surface area (Å²) >= 11 is 5.93. The fourth-order valence-corrected chi connectivity index (χ4v) is 2.18. The molecule has 0 bridgehead atoms. The molecule has 0 aliphatic carbocycles. The number of hydrogen-bond acceptors (Lipinski definition) is 4. The minimum absolute atomic E-state index is 0.108. The standard InChI is InChI=1S/C14H12ClNO4/c1-2-20-11(17)7-4-8-16-10-6-3-5-9(15)12(10)13(18)14(16)19/h3-7H,2,8H2,1H3/b7-4+. The summed E-state index contributed by atoms with van der Waals surface area (Å²) in [6.07, 6.45) is 2.70. The van der Waals surface area contributed by atoms with Crippen molar-refractivity contribution in [2.45, 2.75) is 6.92 Å². The molecular formula is C14H12ClNO4. The molecule has 104 valence electrons. The number of Topliss-reactive ketones (excluding diaryl/α,β-unsaturated/α-hetero) is 1. The van der Waals surface area contributed by atoms with Crippen molar-refractivity contribution in [1.82, 2.24) is 0 Å². The second-order valence-corrected chi connectivity index (χ2v) is 4.44. The highest BCUT2D eigenvalue weighted by molar-refractivity contribution is 6.55. The largest absolute Gasteiger partial charge is 0.463 e. The number of fused-ring (bicyclic) bond motifs is 1. The summed E-state index contributed by atoms with van der Waals surface area (Å²) in [6, 6.07) is 4.86. The third-order valence-electron chi connectivity index (χ3n) is 2.78. The average molecular weight is 294 g/mol. The van der Waals surface area contributed by atoms with Crippen LogP contribution in [0.3, 0.4) is 0 Å². The van der Waals surface area contributed by atoms with E-state index in [-0.39, 0.29) is 23.7 Å². The molecule has 1 aromatic carbocycles. The molecule has 6 heteroatoms. The van der Waals surface area contributed by atoms with Crippen LogP contribution in [0, 0.1) is 0 Å². The summed E-state index contributed by atoms with van der Waals surface area (Å²) in [5.74, 6) is -1.77. The van der Waals surface area contributed by atoms with Crippen LogP contribution in [0.1, 0.15) is 17.3 Å². The van der Waals surface area contributed by atoms with Gasteiger partial charge in [-0.15, -0.1) is 0 Å². The molecule has 0 unspecified atom stereocenters. The molecule has 0 fully saturated rings. The molecule has 1 aromatic rings. The van der Waals surface area contributed by atoms with E-state index in [0.29, 0.717) is 5.69 Å². The lowest BCUT2D eigenvalue weighted by Gasteiger charge is -2.13. The first-order valence-corrected chi connectivity index (χ1v) is 6.42. The van der Waals surface area contributed by atoms with Gasteiger partial charge in [-0.1, -0.05) is 23.7 Å². The van der Waals surface area contributed by atoms with Crippen LogP contribution in [0.2, 0.25) is 5.02 Å². The molecule has 5 nitrogen and oxygen atoms in total. The van der Waals surface area contributed by atoms with E-state index in [2.05, 4.69) is 0 Å². The van der Waals surface area contributed by atoms with Gasteiger partial charge in [0, 0.05) is 12.6 Å². The van der Waals surface area contributed by atoms with Crippen LogP contribution in [-0.4, -0.2) is 30.8 Å². The fraction of sp³-hybridized carbons (Fsp3) is 0.214.